The summed E-state index contributed by atoms with van der Waals surface area (Å²) in [5.41, 5.74) is 1.17. The van der Waals surface area contributed by atoms with Crippen LogP contribution < -0.4 is 5.32 Å². The average Bonchev–Trinajstić information content (AvgIpc) is 2.34. The second-order valence-electron chi connectivity index (χ2n) is 4.23. The second kappa shape index (κ2) is 8.73. The Labute approximate surface area is 119 Å². The first-order valence-electron chi connectivity index (χ1n) is 5.95. The van der Waals surface area contributed by atoms with Gasteiger partial charge in [-0.1, -0.05) is 29.3 Å². The van der Waals surface area contributed by atoms with Gasteiger partial charge in [-0.15, -0.1) is 0 Å². The number of likely N-dealkylation sites (N-methyl/N-ethyl adjacent to an activating group) is 1. The number of rotatable bonds is 8. The number of halogens is 2. The molecule has 0 bridgehead atoms. The highest BCUT2D eigenvalue weighted by Gasteiger charge is 2.03. The van der Waals surface area contributed by atoms with E-state index in [0.717, 1.165) is 32.8 Å². The van der Waals surface area contributed by atoms with Gasteiger partial charge in [0, 0.05) is 33.3 Å². The first-order valence-corrected chi connectivity index (χ1v) is 6.71. The van der Waals surface area contributed by atoms with Crippen molar-refractivity contribution in [3.63, 3.8) is 0 Å². The standard InChI is InChI=1S/C13H20Cl2N2O/c1-17(7-5-16-6-8-18-2)10-11-3-4-12(14)13(15)9-11/h3-4,9,16H,5-8,10H2,1-2H3. The van der Waals surface area contributed by atoms with Gasteiger partial charge in [0.05, 0.1) is 16.7 Å². The molecule has 0 fully saturated rings. The lowest BCUT2D eigenvalue weighted by molar-refractivity contribution is 0.197. The van der Waals surface area contributed by atoms with Gasteiger partial charge < -0.3 is 15.0 Å². The van der Waals surface area contributed by atoms with Gasteiger partial charge in [0.15, 0.2) is 0 Å². The van der Waals surface area contributed by atoms with Crippen molar-refractivity contribution in [3.05, 3.63) is 33.8 Å². The van der Waals surface area contributed by atoms with Crippen LogP contribution >= 0.6 is 23.2 Å². The molecule has 0 heterocycles. The fraction of sp³-hybridized carbons (Fsp3) is 0.538. The van der Waals surface area contributed by atoms with E-state index in [4.69, 9.17) is 27.9 Å². The van der Waals surface area contributed by atoms with Crippen LogP contribution in [0.1, 0.15) is 5.56 Å². The predicted molar refractivity (Wildman–Crippen MR) is 77.5 cm³/mol. The summed E-state index contributed by atoms with van der Waals surface area (Å²) in [6.45, 7) is 4.42. The van der Waals surface area contributed by atoms with E-state index >= 15 is 0 Å². The van der Waals surface area contributed by atoms with Crippen LogP contribution in [-0.4, -0.2) is 45.3 Å². The zero-order valence-corrected chi connectivity index (χ0v) is 12.4. The van der Waals surface area contributed by atoms with Gasteiger partial charge in [-0.2, -0.15) is 0 Å². The van der Waals surface area contributed by atoms with Crippen molar-refractivity contribution >= 4 is 23.2 Å². The molecule has 102 valence electrons. The Morgan fingerprint density at radius 1 is 1.22 bits per heavy atom. The van der Waals surface area contributed by atoms with E-state index in [1.165, 1.54) is 5.56 Å². The highest BCUT2D eigenvalue weighted by molar-refractivity contribution is 6.42. The lowest BCUT2D eigenvalue weighted by Crippen LogP contribution is -2.30. The molecule has 0 atom stereocenters. The van der Waals surface area contributed by atoms with Crippen LogP contribution in [0.4, 0.5) is 0 Å². The molecule has 0 amide bonds. The molecule has 0 spiro atoms. The van der Waals surface area contributed by atoms with Crippen LogP contribution in [0.2, 0.25) is 10.0 Å². The third-order valence-electron chi connectivity index (χ3n) is 2.59. The smallest absolute Gasteiger partial charge is 0.0595 e. The number of nitrogens with zero attached hydrogens (tertiary/aromatic N) is 1. The molecule has 0 saturated heterocycles. The molecular weight excluding hydrogens is 271 g/mol. The molecule has 1 aromatic carbocycles. The predicted octanol–water partition coefficient (Wildman–Crippen LogP) is 2.66. The van der Waals surface area contributed by atoms with E-state index in [-0.39, 0.29) is 0 Å². The van der Waals surface area contributed by atoms with Gasteiger partial charge >= 0.3 is 0 Å². The quantitative estimate of drug-likeness (QED) is 0.745. The molecule has 0 aliphatic rings. The Hall–Kier alpha value is -0.320. The fourth-order valence-electron chi connectivity index (χ4n) is 1.60. The normalized spacial score (nSPS) is 11.2. The zero-order valence-electron chi connectivity index (χ0n) is 10.9. The van der Waals surface area contributed by atoms with Gasteiger partial charge in [0.25, 0.3) is 0 Å². The minimum Gasteiger partial charge on any atom is -0.383 e. The third-order valence-corrected chi connectivity index (χ3v) is 3.33. The Morgan fingerprint density at radius 3 is 2.67 bits per heavy atom. The van der Waals surface area contributed by atoms with E-state index in [1.807, 2.05) is 18.2 Å². The molecule has 0 saturated carbocycles. The summed E-state index contributed by atoms with van der Waals surface area (Å²) in [4.78, 5) is 2.24. The first-order chi connectivity index (χ1) is 8.63. The van der Waals surface area contributed by atoms with E-state index in [1.54, 1.807) is 7.11 Å². The summed E-state index contributed by atoms with van der Waals surface area (Å²) >= 11 is 11.9. The van der Waals surface area contributed by atoms with Gasteiger partial charge in [0.2, 0.25) is 0 Å². The molecule has 1 N–H and O–H groups in total. The Kier molecular flexibility index (Phi) is 7.63. The summed E-state index contributed by atoms with van der Waals surface area (Å²) in [5, 5.41) is 4.52. The summed E-state index contributed by atoms with van der Waals surface area (Å²) in [6.07, 6.45) is 0. The number of hydrogen-bond donors (Lipinski definition) is 1. The average molecular weight is 291 g/mol. The molecule has 5 heteroatoms. The number of nitrogens with one attached hydrogen (secondary N) is 1. The van der Waals surface area contributed by atoms with Crippen molar-refractivity contribution in [2.75, 3.05) is 40.4 Å². The van der Waals surface area contributed by atoms with Crippen LogP contribution in [0, 0.1) is 0 Å². The van der Waals surface area contributed by atoms with Gasteiger partial charge in [-0.3, -0.25) is 0 Å². The number of hydrogen-bond acceptors (Lipinski definition) is 3. The van der Waals surface area contributed by atoms with Crippen molar-refractivity contribution in [3.8, 4) is 0 Å². The molecule has 0 radical (unpaired) electrons. The molecule has 3 nitrogen and oxygen atoms in total. The lowest BCUT2D eigenvalue weighted by Gasteiger charge is -2.17. The molecule has 18 heavy (non-hydrogen) atoms. The Balaban J connectivity index is 2.26. The fourth-order valence-corrected chi connectivity index (χ4v) is 1.92. The zero-order chi connectivity index (χ0) is 13.4. The minimum atomic E-state index is 0.601. The maximum atomic E-state index is 5.98. The molecule has 1 rings (SSSR count). The maximum absolute atomic E-state index is 5.98. The van der Waals surface area contributed by atoms with Crippen LogP contribution in [-0.2, 0) is 11.3 Å². The topological polar surface area (TPSA) is 24.5 Å². The minimum absolute atomic E-state index is 0.601. The molecule has 0 unspecified atom stereocenters. The maximum Gasteiger partial charge on any atom is 0.0595 e. The van der Waals surface area contributed by atoms with Crippen molar-refractivity contribution in [1.82, 2.24) is 10.2 Å². The number of methoxy groups -OCH3 is 1. The van der Waals surface area contributed by atoms with Crippen molar-refractivity contribution in [2.45, 2.75) is 6.54 Å². The lowest BCUT2D eigenvalue weighted by atomic mass is 10.2. The van der Waals surface area contributed by atoms with Crippen molar-refractivity contribution in [1.29, 1.82) is 0 Å². The SMILES string of the molecule is COCCNCCN(C)Cc1ccc(Cl)c(Cl)c1. The van der Waals surface area contributed by atoms with Crippen LogP contribution in [0.3, 0.4) is 0 Å². The third kappa shape index (κ3) is 6.03. The van der Waals surface area contributed by atoms with Crippen LogP contribution in [0.25, 0.3) is 0 Å². The molecular formula is C13H20Cl2N2O. The summed E-state index contributed by atoms with van der Waals surface area (Å²) in [5.74, 6) is 0. The van der Waals surface area contributed by atoms with E-state index in [9.17, 15) is 0 Å². The summed E-state index contributed by atoms with van der Waals surface area (Å²) in [6, 6.07) is 5.76. The molecule has 0 aliphatic heterocycles. The highest BCUT2D eigenvalue weighted by atomic mass is 35.5. The number of benzene rings is 1. The Bertz CT molecular complexity index is 361. The van der Waals surface area contributed by atoms with Crippen LogP contribution in [0.5, 0.6) is 0 Å². The van der Waals surface area contributed by atoms with Gasteiger partial charge in [-0.25, -0.2) is 0 Å². The van der Waals surface area contributed by atoms with E-state index in [2.05, 4.69) is 17.3 Å². The Morgan fingerprint density at radius 2 is 2.00 bits per heavy atom. The monoisotopic (exact) mass is 290 g/mol. The molecule has 1 aromatic rings. The first kappa shape index (κ1) is 15.7. The number of ether oxygens (including phenoxy) is 1. The molecule has 0 aromatic heterocycles. The van der Waals surface area contributed by atoms with Crippen molar-refractivity contribution < 1.29 is 4.74 Å². The molecule has 0 aliphatic carbocycles. The second-order valence-corrected chi connectivity index (χ2v) is 5.04. The van der Waals surface area contributed by atoms with E-state index in [0.29, 0.717) is 10.0 Å². The summed E-state index contributed by atoms with van der Waals surface area (Å²) < 4.78 is 4.97. The highest BCUT2D eigenvalue weighted by Crippen LogP contribution is 2.22. The summed E-state index contributed by atoms with van der Waals surface area (Å²) in [7, 11) is 3.79. The largest absolute Gasteiger partial charge is 0.383 e. The van der Waals surface area contributed by atoms with E-state index < -0.39 is 0 Å². The van der Waals surface area contributed by atoms with Gasteiger partial charge in [-0.05, 0) is 24.7 Å². The van der Waals surface area contributed by atoms with Crippen LogP contribution in [0.15, 0.2) is 18.2 Å². The van der Waals surface area contributed by atoms with Crippen molar-refractivity contribution in [2.24, 2.45) is 0 Å². The van der Waals surface area contributed by atoms with Gasteiger partial charge in [0.1, 0.15) is 0 Å².